The Bertz CT molecular complexity index is 712. The smallest absolute Gasteiger partial charge is 0.0809 e. The average Bonchev–Trinajstić information content (AvgIpc) is 3.16. The number of fused-ring (bicyclic) bond motifs is 2. The Morgan fingerprint density at radius 1 is 0.667 bits per heavy atom. The van der Waals surface area contributed by atoms with E-state index in [1.54, 1.807) is 0 Å². The Labute approximate surface area is 165 Å². The third-order valence-corrected chi connectivity index (χ3v) is 3.10. The normalized spacial score (nSPS) is 8.75. The quantitative estimate of drug-likeness (QED) is 0.364. The molecule has 0 heterocycles. The summed E-state index contributed by atoms with van der Waals surface area (Å²) in [4.78, 5) is 0. The van der Waals surface area contributed by atoms with Crippen molar-refractivity contribution >= 4 is 25.9 Å². The van der Waals surface area contributed by atoms with Crippen LogP contribution in [0, 0.1) is 0 Å². The summed E-state index contributed by atoms with van der Waals surface area (Å²) < 4.78 is 1.29. The van der Waals surface area contributed by atoms with Crippen molar-refractivity contribution in [3.05, 3.63) is 84.9 Å². The van der Waals surface area contributed by atoms with Crippen molar-refractivity contribution in [3.8, 4) is 0 Å². The van der Waals surface area contributed by atoms with Crippen LogP contribution in [0.15, 0.2) is 84.9 Å². The molecule has 0 saturated carbocycles. The van der Waals surface area contributed by atoms with Crippen LogP contribution in [0.25, 0.3) is 21.5 Å². The van der Waals surface area contributed by atoms with Gasteiger partial charge in [-0.2, -0.15) is 35.0 Å². The van der Waals surface area contributed by atoms with Gasteiger partial charge in [0.15, 0.2) is 0 Å². The Hall–Kier alpha value is -1.36. The molecule has 0 atom stereocenters. The molecular weight excluding hydrogens is 375 g/mol. The summed E-state index contributed by atoms with van der Waals surface area (Å²) in [5.74, 6) is 0. The van der Waals surface area contributed by atoms with E-state index in [-0.39, 0.29) is 24.8 Å². The van der Waals surface area contributed by atoms with E-state index in [0.29, 0.717) is 0 Å². The van der Waals surface area contributed by atoms with Crippen molar-refractivity contribution in [1.82, 2.24) is 0 Å². The predicted molar refractivity (Wildman–Crippen MR) is 95.4 cm³/mol. The summed E-state index contributed by atoms with van der Waals surface area (Å²) in [6, 6.07) is 29.3. The van der Waals surface area contributed by atoms with Crippen molar-refractivity contribution in [2.24, 2.45) is 0 Å². The fraction of sp³-hybridized carbons (Fsp3) is 0.0952. The number of benzene rings is 2. The molecule has 0 amide bonds. The molecule has 24 heavy (non-hydrogen) atoms. The summed E-state index contributed by atoms with van der Waals surface area (Å²) in [5.41, 5.74) is 0. The molecule has 0 bridgehead atoms. The van der Waals surface area contributed by atoms with Gasteiger partial charge >= 0.3 is 34.1 Å². The third kappa shape index (κ3) is 7.47. The third-order valence-electron chi connectivity index (χ3n) is 3.10. The van der Waals surface area contributed by atoms with E-state index < -0.39 is 0 Å². The molecular formula is C21H20Cl2Cr-4. The van der Waals surface area contributed by atoms with Gasteiger partial charge in [-0.15, -0.1) is 59.3 Å². The van der Waals surface area contributed by atoms with Gasteiger partial charge in [0, 0.05) is 0 Å². The van der Waals surface area contributed by atoms with E-state index in [9.17, 15) is 0 Å². The van der Waals surface area contributed by atoms with Gasteiger partial charge in [0.2, 0.25) is 0 Å². The number of halogens is 2. The fourth-order valence-corrected chi connectivity index (χ4v) is 2.14. The SMILES string of the molecule is C[C](C)=[Cr].[Cl-].[Cl-].c1ccc2[cH-]ccc2c1.c1ccc2[cH-]ccc2c1. The van der Waals surface area contributed by atoms with Crippen molar-refractivity contribution in [3.63, 3.8) is 0 Å². The summed E-state index contributed by atoms with van der Waals surface area (Å²) >= 11 is 2.82. The standard InChI is InChI=1S/2C9H7.C3H6.2ClH.Cr/c2*1-2-5-9-7-3-6-8(9)4-1;1-3-2;;;/h2*1-7H;1-2H3;2*1H;/q2*-1;;;;/p-2. The summed E-state index contributed by atoms with van der Waals surface area (Å²) in [7, 11) is 0. The topological polar surface area (TPSA) is 0 Å². The molecule has 0 aliphatic rings. The summed E-state index contributed by atoms with van der Waals surface area (Å²) in [5, 5.41) is 5.32. The van der Waals surface area contributed by atoms with Crippen LogP contribution in [-0.2, 0) is 15.9 Å². The van der Waals surface area contributed by atoms with E-state index in [4.69, 9.17) is 0 Å². The minimum Gasteiger partial charge on any atom is -1.00 e. The minimum absolute atomic E-state index is 0. The molecule has 0 N–H and O–H groups in total. The maximum atomic E-state index is 2.82. The van der Waals surface area contributed by atoms with Crippen molar-refractivity contribution in [2.75, 3.05) is 0 Å². The molecule has 0 aliphatic carbocycles. The molecule has 3 heteroatoms. The minimum atomic E-state index is 0. The number of hydrogen-bond acceptors (Lipinski definition) is 0. The second kappa shape index (κ2) is 12.1. The second-order valence-corrected chi connectivity index (χ2v) is 6.49. The van der Waals surface area contributed by atoms with Crippen molar-refractivity contribution in [2.45, 2.75) is 13.8 Å². The Morgan fingerprint density at radius 2 is 1.00 bits per heavy atom. The molecule has 0 spiro atoms. The zero-order valence-corrected chi connectivity index (χ0v) is 16.5. The summed E-state index contributed by atoms with van der Waals surface area (Å²) in [6.07, 6.45) is 0. The van der Waals surface area contributed by atoms with E-state index in [1.807, 2.05) is 13.8 Å². The van der Waals surface area contributed by atoms with E-state index in [0.717, 1.165) is 0 Å². The van der Waals surface area contributed by atoms with E-state index in [1.165, 1.54) is 25.9 Å². The molecule has 4 aromatic rings. The zero-order chi connectivity index (χ0) is 15.8. The second-order valence-electron chi connectivity index (χ2n) is 5.22. The molecule has 4 rings (SSSR count). The molecule has 0 radical (unpaired) electrons. The summed E-state index contributed by atoms with van der Waals surface area (Å²) in [6.45, 7) is 4.06. The van der Waals surface area contributed by atoms with Crippen LogP contribution in [0.2, 0.25) is 0 Å². The van der Waals surface area contributed by atoms with Crippen LogP contribution in [0.1, 0.15) is 13.8 Å². The molecule has 0 aliphatic heterocycles. The molecule has 0 nitrogen and oxygen atoms in total. The van der Waals surface area contributed by atoms with Crippen LogP contribution in [0.4, 0.5) is 0 Å². The first-order chi connectivity index (χ1) is 10.7. The van der Waals surface area contributed by atoms with Crippen LogP contribution in [0.5, 0.6) is 0 Å². The van der Waals surface area contributed by atoms with Crippen LogP contribution >= 0.6 is 0 Å². The Balaban J connectivity index is 0.000000341. The largest absolute Gasteiger partial charge is 1.00 e. The number of rotatable bonds is 0. The molecule has 4 aromatic carbocycles. The maximum Gasteiger partial charge on any atom is -0.0809 e. The van der Waals surface area contributed by atoms with Crippen LogP contribution < -0.4 is 24.8 Å². The Kier molecular flexibility index (Phi) is 11.4. The first kappa shape index (κ1) is 22.6. The van der Waals surface area contributed by atoms with Gasteiger partial charge in [0.1, 0.15) is 0 Å². The van der Waals surface area contributed by atoms with Crippen LogP contribution in [-0.4, -0.2) is 4.38 Å². The monoisotopic (exact) mass is 394 g/mol. The number of hydrogen-bond donors (Lipinski definition) is 0. The van der Waals surface area contributed by atoms with Crippen molar-refractivity contribution in [1.29, 1.82) is 0 Å². The predicted octanol–water partition coefficient (Wildman–Crippen LogP) is -0.129. The first-order valence-corrected chi connectivity index (χ1v) is 7.98. The molecule has 0 fully saturated rings. The van der Waals surface area contributed by atoms with Gasteiger partial charge < -0.3 is 24.8 Å². The van der Waals surface area contributed by atoms with E-state index in [2.05, 4.69) is 101 Å². The van der Waals surface area contributed by atoms with Crippen LogP contribution in [0.3, 0.4) is 0 Å². The van der Waals surface area contributed by atoms with Gasteiger partial charge in [-0.05, 0) is 0 Å². The van der Waals surface area contributed by atoms with Gasteiger partial charge in [-0.3, -0.25) is 0 Å². The van der Waals surface area contributed by atoms with Gasteiger partial charge in [-0.1, -0.05) is 12.1 Å². The molecule has 0 unspecified atom stereocenters. The van der Waals surface area contributed by atoms with Gasteiger partial charge in [-0.25, -0.2) is 0 Å². The molecule has 0 aromatic heterocycles. The average molecular weight is 395 g/mol. The molecule has 0 saturated heterocycles. The van der Waals surface area contributed by atoms with E-state index >= 15 is 0 Å². The van der Waals surface area contributed by atoms with Gasteiger partial charge in [0.05, 0.1) is 0 Å². The first-order valence-electron chi connectivity index (χ1n) is 7.35. The molecule has 128 valence electrons. The Morgan fingerprint density at radius 3 is 1.33 bits per heavy atom. The van der Waals surface area contributed by atoms with Crippen molar-refractivity contribution < 1.29 is 40.7 Å². The van der Waals surface area contributed by atoms with Gasteiger partial charge in [0.25, 0.3) is 0 Å². The zero-order valence-electron chi connectivity index (χ0n) is 13.7. The maximum absolute atomic E-state index is 2.82. The fourth-order valence-electron chi connectivity index (χ4n) is 2.14.